The third kappa shape index (κ3) is 3.20. The third-order valence-electron chi connectivity index (χ3n) is 4.99. The zero-order chi connectivity index (χ0) is 19.1. The van der Waals surface area contributed by atoms with Crippen molar-refractivity contribution >= 4 is 48.8 Å². The van der Waals surface area contributed by atoms with Crippen molar-refractivity contribution in [3.05, 3.63) is 56.9 Å². The SMILES string of the molecule is CC(=NOCc1nc2c3c4c(sc3ncn2n1)CCCC4)c1ccc(Br)cc1. The second-order valence-corrected chi connectivity index (χ2v) is 8.89. The Hall–Kier alpha value is -2.32. The van der Waals surface area contributed by atoms with Crippen LogP contribution >= 0.6 is 27.3 Å². The Morgan fingerprint density at radius 1 is 1.25 bits per heavy atom. The molecule has 0 bridgehead atoms. The van der Waals surface area contributed by atoms with Crippen LogP contribution in [0.2, 0.25) is 0 Å². The minimum Gasteiger partial charge on any atom is -0.387 e. The van der Waals surface area contributed by atoms with E-state index < -0.39 is 0 Å². The first-order valence-corrected chi connectivity index (χ1v) is 10.9. The molecule has 1 aliphatic rings. The number of fused-ring (bicyclic) bond motifs is 5. The van der Waals surface area contributed by atoms with Crippen molar-refractivity contribution in [3.8, 4) is 0 Å². The number of nitrogens with zero attached hydrogens (tertiary/aromatic N) is 5. The number of aryl methyl sites for hydroxylation is 2. The highest BCUT2D eigenvalue weighted by atomic mass is 79.9. The molecular formula is C20H18BrN5OS. The van der Waals surface area contributed by atoms with Gasteiger partial charge in [0, 0.05) is 9.35 Å². The van der Waals surface area contributed by atoms with Gasteiger partial charge in [-0.2, -0.15) is 0 Å². The average Bonchev–Trinajstić information content (AvgIpc) is 3.28. The maximum atomic E-state index is 5.52. The molecule has 0 amide bonds. The minimum atomic E-state index is 0.226. The van der Waals surface area contributed by atoms with E-state index in [1.54, 1.807) is 22.2 Å². The third-order valence-corrected chi connectivity index (χ3v) is 6.72. The molecule has 0 saturated carbocycles. The highest BCUT2D eigenvalue weighted by Crippen LogP contribution is 2.36. The van der Waals surface area contributed by atoms with Crippen LogP contribution in [0, 0.1) is 0 Å². The van der Waals surface area contributed by atoms with Crippen LogP contribution in [0.3, 0.4) is 0 Å². The van der Waals surface area contributed by atoms with E-state index in [1.807, 2.05) is 31.2 Å². The number of hydrogen-bond acceptors (Lipinski definition) is 6. The summed E-state index contributed by atoms with van der Waals surface area (Å²) in [5, 5.41) is 9.89. The van der Waals surface area contributed by atoms with Gasteiger partial charge < -0.3 is 4.84 Å². The lowest BCUT2D eigenvalue weighted by Gasteiger charge is -2.09. The molecule has 0 N–H and O–H groups in total. The zero-order valence-electron chi connectivity index (χ0n) is 15.4. The van der Waals surface area contributed by atoms with Crippen LogP contribution in [0.25, 0.3) is 15.9 Å². The summed E-state index contributed by atoms with van der Waals surface area (Å²) in [5.74, 6) is 0.609. The number of benzene rings is 1. The Bertz CT molecular complexity index is 1190. The molecule has 1 aliphatic carbocycles. The van der Waals surface area contributed by atoms with Crippen molar-refractivity contribution in [2.75, 3.05) is 0 Å². The number of thiophene rings is 1. The molecule has 8 heteroatoms. The lowest BCUT2D eigenvalue weighted by molar-refractivity contribution is 0.125. The van der Waals surface area contributed by atoms with Crippen molar-refractivity contribution in [2.45, 2.75) is 39.2 Å². The summed E-state index contributed by atoms with van der Waals surface area (Å²) in [5.41, 5.74) is 4.11. The zero-order valence-corrected chi connectivity index (χ0v) is 17.8. The highest BCUT2D eigenvalue weighted by molar-refractivity contribution is 9.10. The first-order chi connectivity index (χ1) is 13.7. The standard InChI is InChI=1S/C20H18BrN5OS/c1-12(13-6-8-14(21)9-7-13)25-27-10-17-23-19-18-15-4-2-3-5-16(15)28-20(18)22-11-26(19)24-17/h6-9,11H,2-5,10H2,1H3. The monoisotopic (exact) mass is 455 g/mol. The summed E-state index contributed by atoms with van der Waals surface area (Å²) in [4.78, 5) is 17.3. The van der Waals surface area contributed by atoms with Gasteiger partial charge in [0.05, 0.1) is 11.1 Å². The average molecular weight is 456 g/mol. The van der Waals surface area contributed by atoms with Crippen molar-refractivity contribution in [1.82, 2.24) is 19.6 Å². The molecule has 0 atom stereocenters. The van der Waals surface area contributed by atoms with E-state index in [1.165, 1.54) is 23.3 Å². The molecule has 3 aromatic heterocycles. The lowest BCUT2D eigenvalue weighted by Crippen LogP contribution is -1.99. The molecule has 0 aliphatic heterocycles. The number of oxime groups is 1. The molecule has 0 spiro atoms. The maximum absolute atomic E-state index is 5.52. The fourth-order valence-corrected chi connectivity index (χ4v) is 5.08. The van der Waals surface area contributed by atoms with Gasteiger partial charge in [0.15, 0.2) is 18.1 Å². The van der Waals surface area contributed by atoms with E-state index in [4.69, 9.17) is 9.82 Å². The van der Waals surface area contributed by atoms with E-state index in [0.29, 0.717) is 5.82 Å². The van der Waals surface area contributed by atoms with Gasteiger partial charge in [-0.05, 0) is 55.9 Å². The maximum Gasteiger partial charge on any atom is 0.192 e. The summed E-state index contributed by atoms with van der Waals surface area (Å²) in [7, 11) is 0. The number of halogens is 1. The largest absolute Gasteiger partial charge is 0.387 e. The van der Waals surface area contributed by atoms with Gasteiger partial charge in [0.25, 0.3) is 0 Å². The van der Waals surface area contributed by atoms with E-state index >= 15 is 0 Å². The molecule has 0 fully saturated rings. The van der Waals surface area contributed by atoms with Crippen LogP contribution in [-0.2, 0) is 24.3 Å². The van der Waals surface area contributed by atoms with Crippen LogP contribution in [0.15, 0.2) is 40.2 Å². The van der Waals surface area contributed by atoms with Gasteiger partial charge in [-0.15, -0.1) is 16.4 Å². The Balaban J connectivity index is 1.41. The molecule has 5 rings (SSSR count). The molecule has 3 heterocycles. The second-order valence-electron chi connectivity index (χ2n) is 6.89. The van der Waals surface area contributed by atoms with Crippen molar-refractivity contribution < 1.29 is 4.84 Å². The van der Waals surface area contributed by atoms with Crippen LogP contribution < -0.4 is 0 Å². The fourth-order valence-electron chi connectivity index (χ4n) is 3.59. The topological polar surface area (TPSA) is 64.7 Å². The Morgan fingerprint density at radius 3 is 2.93 bits per heavy atom. The van der Waals surface area contributed by atoms with Crippen molar-refractivity contribution in [1.29, 1.82) is 0 Å². The van der Waals surface area contributed by atoms with E-state index in [-0.39, 0.29) is 6.61 Å². The van der Waals surface area contributed by atoms with Crippen LogP contribution in [0.5, 0.6) is 0 Å². The van der Waals surface area contributed by atoms with Gasteiger partial charge >= 0.3 is 0 Å². The molecule has 142 valence electrons. The van der Waals surface area contributed by atoms with Crippen molar-refractivity contribution in [2.24, 2.45) is 5.16 Å². The van der Waals surface area contributed by atoms with E-state index in [0.717, 1.165) is 44.5 Å². The summed E-state index contributed by atoms with van der Waals surface area (Å²) < 4.78 is 2.79. The first kappa shape index (κ1) is 17.8. The van der Waals surface area contributed by atoms with E-state index in [9.17, 15) is 0 Å². The van der Waals surface area contributed by atoms with Crippen LogP contribution in [0.1, 0.15) is 41.6 Å². The Morgan fingerprint density at radius 2 is 2.07 bits per heavy atom. The number of aromatic nitrogens is 4. The molecule has 1 aromatic carbocycles. The quantitative estimate of drug-likeness (QED) is 0.323. The molecule has 4 aromatic rings. The number of hydrogen-bond donors (Lipinski definition) is 0. The van der Waals surface area contributed by atoms with Gasteiger partial charge in [0.2, 0.25) is 0 Å². The van der Waals surface area contributed by atoms with Gasteiger partial charge in [-0.25, -0.2) is 14.5 Å². The molecular weight excluding hydrogens is 438 g/mol. The lowest BCUT2D eigenvalue weighted by atomic mass is 9.97. The minimum absolute atomic E-state index is 0.226. The van der Waals surface area contributed by atoms with Gasteiger partial charge in [0.1, 0.15) is 11.2 Å². The van der Waals surface area contributed by atoms with E-state index in [2.05, 4.69) is 31.2 Å². The molecule has 6 nitrogen and oxygen atoms in total. The predicted molar refractivity (Wildman–Crippen MR) is 114 cm³/mol. The summed E-state index contributed by atoms with van der Waals surface area (Å²) in [6.45, 7) is 2.15. The predicted octanol–water partition coefficient (Wildman–Crippen LogP) is 4.92. The van der Waals surface area contributed by atoms with Gasteiger partial charge in [-0.3, -0.25) is 0 Å². The molecule has 0 radical (unpaired) electrons. The molecule has 0 saturated heterocycles. The normalized spacial score (nSPS) is 14.6. The Kier molecular flexibility index (Phi) is 4.60. The fraction of sp³-hybridized carbons (Fsp3) is 0.300. The number of rotatable bonds is 4. The Labute approximate surface area is 174 Å². The van der Waals surface area contributed by atoms with Gasteiger partial charge in [-0.1, -0.05) is 33.2 Å². The second kappa shape index (κ2) is 7.25. The summed E-state index contributed by atoms with van der Waals surface area (Å²) in [6, 6.07) is 7.96. The highest BCUT2D eigenvalue weighted by Gasteiger charge is 2.20. The molecule has 28 heavy (non-hydrogen) atoms. The summed E-state index contributed by atoms with van der Waals surface area (Å²) >= 11 is 5.23. The summed E-state index contributed by atoms with van der Waals surface area (Å²) in [6.07, 6.45) is 6.49. The van der Waals surface area contributed by atoms with Crippen molar-refractivity contribution in [3.63, 3.8) is 0 Å². The molecule has 0 unspecified atom stereocenters. The first-order valence-electron chi connectivity index (χ1n) is 9.26. The smallest absolute Gasteiger partial charge is 0.192 e. The van der Waals surface area contributed by atoms with Crippen LogP contribution in [0.4, 0.5) is 0 Å². The van der Waals surface area contributed by atoms with Crippen LogP contribution in [-0.4, -0.2) is 25.3 Å².